The molecule has 1 aromatic carbocycles. The molecule has 2 aliphatic rings. The molecule has 17 heavy (non-hydrogen) atoms. The zero-order chi connectivity index (χ0) is 11.8. The number of piperazine rings is 1. The van der Waals surface area contributed by atoms with Crippen LogP contribution in [0.5, 0.6) is 0 Å². The molecule has 1 amide bonds. The molecule has 2 aliphatic heterocycles. The summed E-state index contributed by atoms with van der Waals surface area (Å²) in [4.78, 5) is 16.9. The van der Waals surface area contributed by atoms with Crippen molar-refractivity contribution in [1.29, 1.82) is 0 Å². The lowest BCUT2D eigenvalue weighted by Crippen LogP contribution is -2.57. The van der Waals surface area contributed by atoms with Crippen LogP contribution in [-0.2, 0) is 6.42 Å². The van der Waals surface area contributed by atoms with Gasteiger partial charge in [-0.3, -0.25) is 9.69 Å². The Balaban J connectivity index is 1.91. The van der Waals surface area contributed by atoms with Gasteiger partial charge >= 0.3 is 0 Å². The predicted molar refractivity (Wildman–Crippen MR) is 67.1 cm³/mol. The van der Waals surface area contributed by atoms with Crippen LogP contribution in [0.4, 0.5) is 0 Å². The SMILES string of the molecule is CCN1CCN2C(=O)c3ccccc3CC2C1. The standard InChI is InChI=1S/C14H18N2O/c1-2-15-7-8-16-12(10-15)9-11-5-3-4-6-13(11)14(16)17/h3-6,12H,2,7-10H2,1H3. The minimum absolute atomic E-state index is 0.229. The highest BCUT2D eigenvalue weighted by Crippen LogP contribution is 2.25. The van der Waals surface area contributed by atoms with Gasteiger partial charge in [0.15, 0.2) is 0 Å². The van der Waals surface area contributed by atoms with Gasteiger partial charge in [-0.05, 0) is 24.6 Å². The van der Waals surface area contributed by atoms with Crippen molar-refractivity contribution >= 4 is 5.91 Å². The maximum Gasteiger partial charge on any atom is 0.254 e. The van der Waals surface area contributed by atoms with Crippen LogP contribution in [0.15, 0.2) is 24.3 Å². The van der Waals surface area contributed by atoms with Crippen LogP contribution < -0.4 is 0 Å². The highest BCUT2D eigenvalue weighted by atomic mass is 16.2. The number of hydrogen-bond acceptors (Lipinski definition) is 2. The molecule has 3 rings (SSSR count). The molecule has 1 unspecified atom stereocenters. The third kappa shape index (κ3) is 1.75. The highest BCUT2D eigenvalue weighted by molar-refractivity contribution is 5.97. The minimum Gasteiger partial charge on any atom is -0.333 e. The fraction of sp³-hybridized carbons (Fsp3) is 0.500. The van der Waals surface area contributed by atoms with Crippen LogP contribution in [0.2, 0.25) is 0 Å². The lowest BCUT2D eigenvalue weighted by Gasteiger charge is -2.44. The number of carbonyl (C=O) groups is 1. The fourth-order valence-corrected chi connectivity index (χ4v) is 2.96. The van der Waals surface area contributed by atoms with Crippen molar-refractivity contribution < 1.29 is 4.79 Å². The van der Waals surface area contributed by atoms with Gasteiger partial charge in [-0.25, -0.2) is 0 Å². The van der Waals surface area contributed by atoms with Gasteiger partial charge in [-0.2, -0.15) is 0 Å². The first-order valence-corrected chi connectivity index (χ1v) is 6.41. The zero-order valence-electron chi connectivity index (χ0n) is 10.2. The first-order chi connectivity index (χ1) is 8.29. The summed E-state index contributed by atoms with van der Waals surface area (Å²) in [6.07, 6.45) is 1.01. The van der Waals surface area contributed by atoms with E-state index < -0.39 is 0 Å². The Morgan fingerprint density at radius 1 is 1.29 bits per heavy atom. The first-order valence-electron chi connectivity index (χ1n) is 6.41. The summed E-state index contributed by atoms with van der Waals surface area (Å²) in [7, 11) is 0. The molecule has 0 spiro atoms. The molecule has 3 heteroatoms. The van der Waals surface area contributed by atoms with Crippen LogP contribution in [0.1, 0.15) is 22.8 Å². The van der Waals surface area contributed by atoms with Crippen molar-refractivity contribution in [2.45, 2.75) is 19.4 Å². The number of hydrogen-bond donors (Lipinski definition) is 0. The number of fused-ring (bicyclic) bond motifs is 2. The molecule has 2 heterocycles. The lowest BCUT2D eigenvalue weighted by atomic mass is 9.92. The third-order valence-electron chi connectivity index (χ3n) is 3.98. The molecule has 0 aromatic heterocycles. The minimum atomic E-state index is 0.229. The van der Waals surface area contributed by atoms with Crippen molar-refractivity contribution in [1.82, 2.24) is 9.80 Å². The van der Waals surface area contributed by atoms with E-state index in [9.17, 15) is 4.79 Å². The van der Waals surface area contributed by atoms with Crippen molar-refractivity contribution in [3.8, 4) is 0 Å². The molecule has 90 valence electrons. The van der Waals surface area contributed by atoms with Crippen LogP contribution in [0.25, 0.3) is 0 Å². The van der Waals surface area contributed by atoms with E-state index in [1.54, 1.807) is 0 Å². The summed E-state index contributed by atoms with van der Waals surface area (Å²) in [5, 5.41) is 0. The summed E-state index contributed by atoms with van der Waals surface area (Å²) >= 11 is 0. The predicted octanol–water partition coefficient (Wildman–Crippen LogP) is 1.39. The van der Waals surface area contributed by atoms with E-state index in [4.69, 9.17) is 0 Å². The number of carbonyl (C=O) groups excluding carboxylic acids is 1. The van der Waals surface area contributed by atoms with Crippen LogP contribution in [0, 0.1) is 0 Å². The van der Waals surface area contributed by atoms with Crippen LogP contribution >= 0.6 is 0 Å². The van der Waals surface area contributed by atoms with Crippen molar-refractivity contribution in [2.75, 3.05) is 26.2 Å². The van der Waals surface area contributed by atoms with Crippen LogP contribution in [-0.4, -0.2) is 47.9 Å². The normalized spacial score (nSPS) is 24.4. The zero-order valence-corrected chi connectivity index (χ0v) is 10.2. The molecule has 0 radical (unpaired) electrons. The second-order valence-electron chi connectivity index (χ2n) is 4.91. The van der Waals surface area contributed by atoms with E-state index in [2.05, 4.69) is 22.8 Å². The Morgan fingerprint density at radius 3 is 2.94 bits per heavy atom. The quantitative estimate of drug-likeness (QED) is 0.728. The molecular weight excluding hydrogens is 212 g/mol. The van der Waals surface area contributed by atoms with Gasteiger partial charge in [0.05, 0.1) is 0 Å². The number of likely N-dealkylation sites (N-methyl/N-ethyl adjacent to an activating group) is 1. The fourth-order valence-electron chi connectivity index (χ4n) is 2.96. The second-order valence-corrected chi connectivity index (χ2v) is 4.91. The molecule has 3 nitrogen and oxygen atoms in total. The average Bonchev–Trinajstić information content (AvgIpc) is 2.38. The van der Waals surface area contributed by atoms with Crippen molar-refractivity contribution in [2.24, 2.45) is 0 Å². The highest BCUT2D eigenvalue weighted by Gasteiger charge is 2.35. The Hall–Kier alpha value is -1.35. The first kappa shape index (κ1) is 10.8. The van der Waals surface area contributed by atoms with Gasteiger partial charge in [-0.15, -0.1) is 0 Å². The summed E-state index contributed by atoms with van der Waals surface area (Å²) in [6, 6.07) is 8.42. The Kier molecular flexibility index (Phi) is 2.63. The Labute approximate surface area is 102 Å². The molecular formula is C14H18N2O. The molecule has 0 bridgehead atoms. The second kappa shape index (κ2) is 4.15. The van der Waals surface area contributed by atoms with Gasteiger partial charge < -0.3 is 4.90 Å². The van der Waals surface area contributed by atoms with E-state index in [1.807, 2.05) is 18.2 Å². The summed E-state index contributed by atoms with van der Waals surface area (Å²) in [6.45, 7) is 6.19. The third-order valence-corrected chi connectivity index (χ3v) is 3.98. The monoisotopic (exact) mass is 230 g/mol. The van der Waals surface area contributed by atoms with E-state index in [-0.39, 0.29) is 5.91 Å². The number of amides is 1. The molecule has 1 fully saturated rings. The molecule has 1 saturated heterocycles. The van der Waals surface area contributed by atoms with Crippen molar-refractivity contribution in [3.05, 3.63) is 35.4 Å². The molecule has 0 saturated carbocycles. The van der Waals surface area contributed by atoms with Gasteiger partial charge in [0.25, 0.3) is 5.91 Å². The van der Waals surface area contributed by atoms with E-state index in [0.29, 0.717) is 6.04 Å². The Morgan fingerprint density at radius 2 is 2.12 bits per heavy atom. The largest absolute Gasteiger partial charge is 0.333 e. The number of nitrogens with zero attached hydrogens (tertiary/aromatic N) is 2. The maximum atomic E-state index is 12.4. The maximum absolute atomic E-state index is 12.4. The molecule has 1 aromatic rings. The van der Waals surface area contributed by atoms with Crippen molar-refractivity contribution in [3.63, 3.8) is 0 Å². The van der Waals surface area contributed by atoms with Gasteiger partial charge in [-0.1, -0.05) is 25.1 Å². The van der Waals surface area contributed by atoms with Gasteiger partial charge in [0.1, 0.15) is 0 Å². The number of rotatable bonds is 1. The Bertz CT molecular complexity index is 444. The smallest absolute Gasteiger partial charge is 0.254 e. The topological polar surface area (TPSA) is 23.6 Å². The summed E-state index contributed by atoms with van der Waals surface area (Å²) < 4.78 is 0. The van der Waals surface area contributed by atoms with E-state index in [1.165, 1.54) is 5.56 Å². The van der Waals surface area contributed by atoms with E-state index in [0.717, 1.165) is 38.2 Å². The summed E-state index contributed by atoms with van der Waals surface area (Å²) in [5.41, 5.74) is 2.13. The molecule has 1 atom stereocenters. The van der Waals surface area contributed by atoms with Gasteiger partial charge in [0.2, 0.25) is 0 Å². The molecule has 0 N–H and O–H groups in total. The number of benzene rings is 1. The van der Waals surface area contributed by atoms with Crippen LogP contribution in [0.3, 0.4) is 0 Å². The van der Waals surface area contributed by atoms with Gasteiger partial charge in [0, 0.05) is 31.2 Å². The average molecular weight is 230 g/mol. The molecule has 0 aliphatic carbocycles. The summed E-state index contributed by atoms with van der Waals surface area (Å²) in [5.74, 6) is 0.229. The lowest BCUT2D eigenvalue weighted by molar-refractivity contribution is 0.0428. The van der Waals surface area contributed by atoms with E-state index >= 15 is 0 Å².